The van der Waals surface area contributed by atoms with Gasteiger partial charge in [0.2, 0.25) is 0 Å². The van der Waals surface area contributed by atoms with Crippen molar-refractivity contribution in [3.8, 4) is 0 Å². The number of hydrogen-bond donors (Lipinski definition) is 2. The SMILES string of the molecule is C=C(C(=O)N1CCN(C(=C)c2ccccc2)CC1)C(/C=C(/C)F)=C/N/C(C)=C(/C)C1=NCCN1. The summed E-state index contributed by atoms with van der Waals surface area (Å²) in [6.45, 7) is 17.5. The Morgan fingerprint density at radius 1 is 1.09 bits per heavy atom. The van der Waals surface area contributed by atoms with E-state index in [0.29, 0.717) is 31.8 Å². The summed E-state index contributed by atoms with van der Waals surface area (Å²) in [4.78, 5) is 21.5. The van der Waals surface area contributed by atoms with Gasteiger partial charge < -0.3 is 20.4 Å². The highest BCUT2D eigenvalue weighted by Crippen LogP contribution is 2.21. The molecule has 1 aromatic rings. The van der Waals surface area contributed by atoms with Gasteiger partial charge in [0.25, 0.3) is 5.91 Å². The molecular formula is C27H34FN5O. The molecule has 0 bridgehead atoms. The standard InChI is InChI=1S/C27H34FN5O/c1-19(28)17-25(18-31-22(4)20(2)26-29-11-12-30-26)21(3)27(34)33-15-13-32(14-16-33)23(5)24-9-7-6-8-10-24/h6-10,17-18,31H,3,5,11-16H2,1-2,4H3,(H,29,30)/b19-17-,22-20-,25-18+. The minimum absolute atomic E-state index is 0.198. The van der Waals surface area contributed by atoms with Crippen molar-refractivity contribution < 1.29 is 9.18 Å². The number of nitrogens with one attached hydrogen (secondary N) is 2. The van der Waals surface area contributed by atoms with Gasteiger partial charge in [-0.15, -0.1) is 0 Å². The second-order valence-electron chi connectivity index (χ2n) is 8.45. The summed E-state index contributed by atoms with van der Waals surface area (Å²) in [5.41, 5.74) is 4.52. The molecule has 0 radical (unpaired) electrons. The molecule has 2 aliphatic rings. The van der Waals surface area contributed by atoms with Crippen LogP contribution in [-0.2, 0) is 4.79 Å². The second kappa shape index (κ2) is 11.5. The molecule has 2 heterocycles. The fourth-order valence-corrected chi connectivity index (χ4v) is 3.86. The van der Waals surface area contributed by atoms with Gasteiger partial charge in [-0.2, -0.15) is 0 Å². The number of rotatable bonds is 8. The smallest absolute Gasteiger partial charge is 0.254 e. The zero-order chi connectivity index (χ0) is 24.7. The van der Waals surface area contributed by atoms with Gasteiger partial charge in [0.15, 0.2) is 0 Å². The molecule has 0 spiro atoms. The van der Waals surface area contributed by atoms with Crippen LogP contribution < -0.4 is 10.6 Å². The molecule has 1 fully saturated rings. The molecule has 1 aromatic carbocycles. The third kappa shape index (κ3) is 6.25. The molecule has 0 aromatic heterocycles. The van der Waals surface area contributed by atoms with E-state index >= 15 is 0 Å². The highest BCUT2D eigenvalue weighted by Gasteiger charge is 2.25. The maximum atomic E-state index is 13.8. The van der Waals surface area contributed by atoms with E-state index in [0.717, 1.165) is 41.5 Å². The molecule has 0 saturated carbocycles. The molecule has 1 saturated heterocycles. The molecule has 2 N–H and O–H groups in total. The highest BCUT2D eigenvalue weighted by molar-refractivity contribution is 5.99. The number of carbonyl (C=O) groups excluding carboxylic acids is 1. The predicted molar refractivity (Wildman–Crippen MR) is 138 cm³/mol. The lowest BCUT2D eigenvalue weighted by Crippen LogP contribution is -2.48. The number of carbonyl (C=O) groups is 1. The van der Waals surface area contributed by atoms with E-state index in [9.17, 15) is 9.18 Å². The van der Waals surface area contributed by atoms with Crippen LogP contribution in [0.1, 0.15) is 26.3 Å². The van der Waals surface area contributed by atoms with E-state index in [1.54, 1.807) is 11.1 Å². The van der Waals surface area contributed by atoms with Crippen molar-refractivity contribution in [3.63, 3.8) is 0 Å². The number of amidine groups is 1. The summed E-state index contributed by atoms with van der Waals surface area (Å²) < 4.78 is 13.8. The normalized spacial score (nSPS) is 17.6. The van der Waals surface area contributed by atoms with Gasteiger partial charge in [0.1, 0.15) is 5.84 Å². The first-order valence-corrected chi connectivity index (χ1v) is 11.5. The topological polar surface area (TPSA) is 60.0 Å². The molecule has 34 heavy (non-hydrogen) atoms. The zero-order valence-corrected chi connectivity index (χ0v) is 20.3. The first-order chi connectivity index (χ1) is 16.3. The summed E-state index contributed by atoms with van der Waals surface area (Å²) in [6, 6.07) is 10.0. The number of amides is 1. The number of halogens is 1. The van der Waals surface area contributed by atoms with Crippen molar-refractivity contribution >= 4 is 17.4 Å². The van der Waals surface area contributed by atoms with Gasteiger partial charge in [0.05, 0.1) is 12.4 Å². The third-order valence-corrected chi connectivity index (χ3v) is 6.05. The molecule has 7 heteroatoms. The van der Waals surface area contributed by atoms with E-state index in [4.69, 9.17) is 0 Å². The van der Waals surface area contributed by atoms with Crippen LogP contribution in [0.5, 0.6) is 0 Å². The first-order valence-electron chi connectivity index (χ1n) is 11.5. The lowest BCUT2D eigenvalue weighted by Gasteiger charge is -2.37. The highest BCUT2D eigenvalue weighted by atomic mass is 19.1. The monoisotopic (exact) mass is 463 g/mol. The summed E-state index contributed by atoms with van der Waals surface area (Å²) >= 11 is 0. The maximum absolute atomic E-state index is 13.8. The van der Waals surface area contributed by atoms with E-state index in [2.05, 4.69) is 33.7 Å². The summed E-state index contributed by atoms with van der Waals surface area (Å²) in [5, 5.41) is 6.41. The molecule has 0 aliphatic carbocycles. The van der Waals surface area contributed by atoms with Crippen LogP contribution in [0.4, 0.5) is 4.39 Å². The van der Waals surface area contributed by atoms with Crippen LogP contribution in [0.3, 0.4) is 0 Å². The second-order valence-corrected chi connectivity index (χ2v) is 8.45. The Labute approximate surface area is 201 Å². The van der Waals surface area contributed by atoms with Crippen molar-refractivity contribution in [3.05, 3.63) is 89.6 Å². The van der Waals surface area contributed by atoms with Gasteiger partial charge in [-0.3, -0.25) is 9.79 Å². The average molecular weight is 464 g/mol. The molecule has 6 nitrogen and oxygen atoms in total. The van der Waals surface area contributed by atoms with E-state index in [1.165, 1.54) is 13.0 Å². The Morgan fingerprint density at radius 2 is 1.74 bits per heavy atom. The van der Waals surface area contributed by atoms with Gasteiger partial charge in [-0.25, -0.2) is 4.39 Å². The van der Waals surface area contributed by atoms with E-state index in [-0.39, 0.29) is 11.5 Å². The van der Waals surface area contributed by atoms with E-state index in [1.807, 2.05) is 44.2 Å². The van der Waals surface area contributed by atoms with Crippen molar-refractivity contribution in [1.29, 1.82) is 0 Å². The quantitative estimate of drug-likeness (QED) is 0.452. The molecule has 180 valence electrons. The lowest BCUT2D eigenvalue weighted by molar-refractivity contribution is -0.128. The fraction of sp³-hybridized carbons (Fsp3) is 0.333. The van der Waals surface area contributed by atoms with Crippen LogP contribution in [-0.4, -0.2) is 60.8 Å². The molecule has 0 atom stereocenters. The number of benzene rings is 1. The van der Waals surface area contributed by atoms with Crippen molar-refractivity contribution in [2.45, 2.75) is 20.8 Å². The third-order valence-electron chi connectivity index (χ3n) is 6.05. The van der Waals surface area contributed by atoms with Crippen LogP contribution in [0.25, 0.3) is 5.70 Å². The number of hydrogen-bond acceptors (Lipinski definition) is 5. The largest absolute Gasteiger partial charge is 0.368 e. The summed E-state index contributed by atoms with van der Waals surface area (Å²) in [6.07, 6.45) is 2.96. The number of nitrogens with zero attached hydrogens (tertiary/aromatic N) is 3. The van der Waals surface area contributed by atoms with Crippen molar-refractivity contribution in [1.82, 2.24) is 20.4 Å². The number of allylic oxidation sites excluding steroid dienone is 3. The zero-order valence-electron chi connectivity index (χ0n) is 20.3. The predicted octanol–water partition coefficient (Wildman–Crippen LogP) is 4.00. The molecule has 1 amide bonds. The minimum Gasteiger partial charge on any atom is -0.368 e. The van der Waals surface area contributed by atoms with Crippen LogP contribution in [0.15, 0.2) is 89.0 Å². The molecule has 2 aliphatic heterocycles. The van der Waals surface area contributed by atoms with E-state index < -0.39 is 5.83 Å². The minimum atomic E-state index is -0.397. The van der Waals surface area contributed by atoms with Crippen LogP contribution in [0, 0.1) is 0 Å². The Bertz CT molecular complexity index is 1060. The lowest BCUT2D eigenvalue weighted by atomic mass is 10.1. The van der Waals surface area contributed by atoms with Gasteiger partial charge in [0, 0.05) is 67.0 Å². The Kier molecular flexibility index (Phi) is 8.46. The van der Waals surface area contributed by atoms with Gasteiger partial charge in [-0.1, -0.05) is 43.5 Å². The van der Waals surface area contributed by atoms with Crippen molar-refractivity contribution in [2.75, 3.05) is 39.3 Å². The summed E-state index contributed by atoms with van der Waals surface area (Å²) in [5.74, 6) is 0.254. The summed E-state index contributed by atoms with van der Waals surface area (Å²) in [7, 11) is 0. The first kappa shape index (κ1) is 25.0. The van der Waals surface area contributed by atoms with Crippen LogP contribution in [0.2, 0.25) is 0 Å². The van der Waals surface area contributed by atoms with Gasteiger partial charge in [-0.05, 0) is 32.4 Å². The average Bonchev–Trinajstić information content (AvgIpc) is 3.40. The molecule has 3 rings (SSSR count). The Balaban J connectivity index is 1.66. The molecular weight excluding hydrogens is 429 g/mol. The maximum Gasteiger partial charge on any atom is 0.254 e. The van der Waals surface area contributed by atoms with Gasteiger partial charge >= 0.3 is 0 Å². The van der Waals surface area contributed by atoms with Crippen LogP contribution >= 0.6 is 0 Å². The Morgan fingerprint density at radius 3 is 2.32 bits per heavy atom. The number of piperazine rings is 1. The van der Waals surface area contributed by atoms with Crippen molar-refractivity contribution in [2.24, 2.45) is 4.99 Å². The fourth-order valence-electron chi connectivity index (χ4n) is 3.86. The molecule has 0 unspecified atom stereocenters. The Hall–Kier alpha value is -3.61. The number of aliphatic imine (C=N–C) groups is 1.